The lowest BCUT2D eigenvalue weighted by molar-refractivity contribution is -0.136. The van der Waals surface area contributed by atoms with Gasteiger partial charge in [0.1, 0.15) is 5.82 Å². The summed E-state index contributed by atoms with van der Waals surface area (Å²) in [6.45, 7) is 2.95. The zero-order chi connectivity index (χ0) is 18.1. The Morgan fingerprint density at radius 3 is 2.64 bits per heavy atom. The van der Waals surface area contributed by atoms with Crippen molar-refractivity contribution in [3.8, 4) is 0 Å². The molecule has 0 saturated heterocycles. The number of aromatic nitrogens is 3. The molecule has 136 valence electrons. The Hall–Kier alpha value is -2.37. The van der Waals surface area contributed by atoms with Crippen molar-refractivity contribution in [2.45, 2.75) is 58.4 Å². The molecule has 25 heavy (non-hydrogen) atoms. The Bertz CT molecular complexity index is 625. The summed E-state index contributed by atoms with van der Waals surface area (Å²) in [5.41, 5.74) is 7.11. The van der Waals surface area contributed by atoms with Crippen molar-refractivity contribution < 1.29 is 9.90 Å². The zero-order valence-corrected chi connectivity index (χ0v) is 14.9. The number of pyridine rings is 1. The topological polar surface area (TPSA) is 94.0 Å². The molecule has 0 bridgehead atoms. The van der Waals surface area contributed by atoms with Gasteiger partial charge in [0.05, 0.1) is 18.4 Å². The molecule has 6 nitrogen and oxygen atoms in total. The van der Waals surface area contributed by atoms with Crippen molar-refractivity contribution in [2.24, 2.45) is 5.92 Å². The summed E-state index contributed by atoms with van der Waals surface area (Å²) in [5, 5.41) is 8.66. The molecule has 2 aromatic rings. The van der Waals surface area contributed by atoms with E-state index in [-0.39, 0.29) is 6.42 Å². The van der Waals surface area contributed by atoms with E-state index < -0.39 is 5.97 Å². The number of carbonyl (C=O) groups is 1. The van der Waals surface area contributed by atoms with Crippen LogP contribution in [0.2, 0.25) is 0 Å². The number of hydrogen-bond donors (Lipinski definition) is 2. The fourth-order valence-corrected chi connectivity index (χ4v) is 3.06. The minimum absolute atomic E-state index is 0.0242. The average Bonchev–Trinajstić information content (AvgIpc) is 3.04. The van der Waals surface area contributed by atoms with Crippen molar-refractivity contribution in [3.05, 3.63) is 42.1 Å². The smallest absolute Gasteiger partial charge is 0.309 e. The Kier molecular flexibility index (Phi) is 7.44. The molecule has 0 radical (unpaired) electrons. The molecule has 1 fully saturated rings. The van der Waals surface area contributed by atoms with Crippen LogP contribution in [0.3, 0.4) is 0 Å². The maximum atomic E-state index is 10.5. The summed E-state index contributed by atoms with van der Waals surface area (Å²) < 4.78 is 2.02. The summed E-state index contributed by atoms with van der Waals surface area (Å²) >= 11 is 0. The second-order valence-corrected chi connectivity index (χ2v) is 6.73. The number of hydrogen-bond acceptors (Lipinski definition) is 4. The summed E-state index contributed by atoms with van der Waals surface area (Å²) in [6, 6.07) is 3.72. The van der Waals surface area contributed by atoms with E-state index in [9.17, 15) is 4.79 Å². The van der Waals surface area contributed by atoms with Crippen LogP contribution in [0.4, 0.5) is 5.82 Å². The molecular weight excluding hydrogens is 316 g/mol. The van der Waals surface area contributed by atoms with Gasteiger partial charge in [-0.1, -0.05) is 38.2 Å². The molecule has 1 saturated carbocycles. The van der Waals surface area contributed by atoms with Crippen LogP contribution in [0, 0.1) is 12.8 Å². The largest absolute Gasteiger partial charge is 0.481 e. The number of carboxylic acids is 1. The van der Waals surface area contributed by atoms with Crippen LogP contribution in [0.1, 0.15) is 49.8 Å². The first-order valence-corrected chi connectivity index (χ1v) is 8.93. The fourth-order valence-electron chi connectivity index (χ4n) is 3.06. The molecule has 0 spiro atoms. The third-order valence-corrected chi connectivity index (χ3v) is 4.47. The van der Waals surface area contributed by atoms with E-state index in [0.29, 0.717) is 11.5 Å². The number of nitrogens with zero attached hydrogens (tertiary/aromatic N) is 3. The van der Waals surface area contributed by atoms with Gasteiger partial charge in [0, 0.05) is 18.9 Å². The quantitative estimate of drug-likeness (QED) is 0.866. The highest BCUT2D eigenvalue weighted by molar-refractivity contribution is 5.69. The number of carboxylic acid groups (broad SMARTS) is 1. The molecule has 0 aliphatic heterocycles. The minimum Gasteiger partial charge on any atom is -0.481 e. The van der Waals surface area contributed by atoms with Crippen LogP contribution >= 0.6 is 0 Å². The fraction of sp³-hybridized carbons (Fsp3) is 0.526. The van der Waals surface area contributed by atoms with E-state index in [4.69, 9.17) is 10.8 Å². The Labute approximate surface area is 149 Å². The lowest BCUT2D eigenvalue weighted by atomic mass is 9.87. The maximum Gasteiger partial charge on any atom is 0.309 e. The summed E-state index contributed by atoms with van der Waals surface area (Å²) in [5.74, 6) is 0.618. The first kappa shape index (κ1) is 19.0. The standard InChI is InChI=1S/C13H20N2O2.C6H8N2/c16-13(17)8-12-9-15(10-14-12)7-6-11-4-2-1-3-5-11;1-5-2-3-6(7)8-4-5/h9-11H,1-8H2,(H,16,17);2-4H,1H3,(H2,7,8). The van der Waals surface area contributed by atoms with E-state index in [1.807, 2.05) is 23.8 Å². The van der Waals surface area contributed by atoms with Gasteiger partial charge < -0.3 is 15.4 Å². The molecule has 1 aliphatic carbocycles. The van der Waals surface area contributed by atoms with Crippen molar-refractivity contribution in [1.29, 1.82) is 0 Å². The summed E-state index contributed by atoms with van der Waals surface area (Å²) in [6.07, 6.45) is 13.4. The lowest BCUT2D eigenvalue weighted by Gasteiger charge is -2.21. The van der Waals surface area contributed by atoms with Crippen LogP contribution < -0.4 is 5.73 Å². The number of nitrogen functional groups attached to an aromatic ring is 1. The van der Waals surface area contributed by atoms with Crippen molar-refractivity contribution in [2.75, 3.05) is 5.73 Å². The van der Waals surface area contributed by atoms with Gasteiger partial charge in [-0.15, -0.1) is 0 Å². The number of rotatable bonds is 5. The summed E-state index contributed by atoms with van der Waals surface area (Å²) in [4.78, 5) is 18.5. The number of nitrogens with two attached hydrogens (primary N) is 1. The molecule has 0 amide bonds. The molecule has 6 heteroatoms. The van der Waals surface area contributed by atoms with Gasteiger partial charge in [-0.2, -0.15) is 0 Å². The van der Waals surface area contributed by atoms with Crippen LogP contribution in [-0.2, 0) is 17.8 Å². The Morgan fingerprint density at radius 1 is 1.28 bits per heavy atom. The SMILES string of the molecule is Cc1ccc(N)nc1.O=C(O)Cc1cn(CCC2CCCCC2)cn1. The molecule has 3 N–H and O–H groups in total. The molecule has 1 aliphatic rings. The van der Waals surface area contributed by atoms with Gasteiger partial charge in [0.25, 0.3) is 0 Å². The molecule has 2 aromatic heterocycles. The van der Waals surface area contributed by atoms with Crippen LogP contribution in [0.25, 0.3) is 0 Å². The van der Waals surface area contributed by atoms with E-state index >= 15 is 0 Å². The molecular formula is C19H28N4O2. The van der Waals surface area contributed by atoms with Gasteiger partial charge in [-0.3, -0.25) is 4.79 Å². The first-order valence-electron chi connectivity index (χ1n) is 8.93. The van der Waals surface area contributed by atoms with Crippen molar-refractivity contribution in [3.63, 3.8) is 0 Å². The lowest BCUT2D eigenvalue weighted by Crippen LogP contribution is -2.09. The molecule has 0 aromatic carbocycles. The predicted molar refractivity (Wildman–Crippen MR) is 98.1 cm³/mol. The summed E-state index contributed by atoms with van der Waals surface area (Å²) in [7, 11) is 0. The van der Waals surface area contributed by atoms with Crippen molar-refractivity contribution >= 4 is 11.8 Å². The second-order valence-electron chi connectivity index (χ2n) is 6.73. The third-order valence-electron chi connectivity index (χ3n) is 4.47. The zero-order valence-electron chi connectivity index (χ0n) is 14.9. The number of anilines is 1. The highest BCUT2D eigenvalue weighted by Gasteiger charge is 2.13. The minimum atomic E-state index is -0.817. The first-order chi connectivity index (χ1) is 12.0. The highest BCUT2D eigenvalue weighted by atomic mass is 16.4. The number of imidazole rings is 1. The highest BCUT2D eigenvalue weighted by Crippen LogP contribution is 2.26. The normalized spacial score (nSPS) is 14.6. The van der Waals surface area contributed by atoms with Gasteiger partial charge in [-0.25, -0.2) is 9.97 Å². The van der Waals surface area contributed by atoms with E-state index in [0.717, 1.165) is 18.0 Å². The van der Waals surface area contributed by atoms with Gasteiger partial charge in [-0.05, 0) is 30.9 Å². The van der Waals surface area contributed by atoms with Crippen LogP contribution in [0.5, 0.6) is 0 Å². The van der Waals surface area contributed by atoms with Gasteiger partial charge in [0.15, 0.2) is 0 Å². The van der Waals surface area contributed by atoms with Crippen LogP contribution in [0.15, 0.2) is 30.9 Å². The average molecular weight is 344 g/mol. The van der Waals surface area contributed by atoms with E-state index in [1.54, 1.807) is 18.6 Å². The Balaban J connectivity index is 0.000000236. The van der Waals surface area contributed by atoms with Crippen LogP contribution in [-0.4, -0.2) is 25.6 Å². The van der Waals surface area contributed by atoms with Gasteiger partial charge in [0.2, 0.25) is 0 Å². The number of aliphatic carboxylic acids is 1. The van der Waals surface area contributed by atoms with E-state index in [2.05, 4.69) is 9.97 Å². The second kappa shape index (κ2) is 9.81. The molecule has 3 rings (SSSR count). The van der Waals surface area contributed by atoms with Gasteiger partial charge >= 0.3 is 5.97 Å². The third kappa shape index (κ3) is 7.37. The molecule has 0 atom stereocenters. The number of aryl methyl sites for hydroxylation is 2. The monoisotopic (exact) mass is 344 g/mol. The van der Waals surface area contributed by atoms with E-state index in [1.165, 1.54) is 38.5 Å². The molecule has 0 unspecified atom stereocenters. The van der Waals surface area contributed by atoms with Crippen molar-refractivity contribution in [1.82, 2.24) is 14.5 Å². The molecule has 2 heterocycles. The Morgan fingerprint density at radius 2 is 2.04 bits per heavy atom. The predicted octanol–water partition coefficient (Wildman–Crippen LogP) is 3.45. The maximum absolute atomic E-state index is 10.5.